The van der Waals surface area contributed by atoms with Crippen LogP contribution < -0.4 is 4.74 Å². The molecule has 0 amide bonds. The zero-order valence-corrected chi connectivity index (χ0v) is 12.4. The van der Waals surface area contributed by atoms with E-state index in [9.17, 15) is 15.3 Å². The monoisotopic (exact) mass is 302 g/mol. The summed E-state index contributed by atoms with van der Waals surface area (Å²) in [5.74, 6) is 0.828. The van der Waals surface area contributed by atoms with Crippen molar-refractivity contribution in [3.63, 3.8) is 0 Å². The summed E-state index contributed by atoms with van der Waals surface area (Å²) in [5, 5.41) is 31.0. The predicted octanol–water partition coefficient (Wildman–Crippen LogP) is 1.02. The van der Waals surface area contributed by atoms with Crippen LogP contribution in [0.4, 0.5) is 0 Å². The number of piperidine rings is 1. The second-order valence-electron chi connectivity index (χ2n) is 7.08. The molecule has 1 saturated heterocycles. The average Bonchev–Trinajstić information content (AvgIpc) is 2.83. The largest absolute Gasteiger partial charge is 1.00 e. The fourth-order valence-corrected chi connectivity index (χ4v) is 5.30. The Morgan fingerprint density at radius 3 is 2.95 bits per heavy atom. The SMILES string of the molecule is CN1CC[C@]23c4c5c(O)cc(O)c4O[C@H]2[C@@H](O)C=C[C@H]3[C@H]1C5.[H+]. The lowest BCUT2D eigenvalue weighted by atomic mass is 9.53. The van der Waals surface area contributed by atoms with E-state index in [0.29, 0.717) is 5.75 Å². The van der Waals surface area contributed by atoms with Crippen LogP contribution >= 0.6 is 0 Å². The molecule has 5 heteroatoms. The van der Waals surface area contributed by atoms with Crippen LogP contribution in [0.5, 0.6) is 17.2 Å². The highest BCUT2D eigenvalue weighted by Gasteiger charge is 2.64. The smallest absolute Gasteiger partial charge is 0.508 e. The van der Waals surface area contributed by atoms with Gasteiger partial charge in [-0.05, 0) is 26.4 Å². The first-order chi connectivity index (χ1) is 10.5. The molecule has 2 aliphatic heterocycles. The number of aromatic hydroxyl groups is 2. The zero-order chi connectivity index (χ0) is 15.2. The van der Waals surface area contributed by atoms with Crippen LogP contribution in [0.25, 0.3) is 0 Å². The predicted molar refractivity (Wildman–Crippen MR) is 80.4 cm³/mol. The molecule has 2 heterocycles. The molecule has 1 aromatic carbocycles. The van der Waals surface area contributed by atoms with Gasteiger partial charge in [0.2, 0.25) is 0 Å². The van der Waals surface area contributed by atoms with Crippen LogP contribution in [-0.4, -0.2) is 52.1 Å². The molecular weight excluding hydrogens is 282 g/mol. The van der Waals surface area contributed by atoms with Gasteiger partial charge in [-0.2, -0.15) is 0 Å². The van der Waals surface area contributed by atoms with Crippen LogP contribution in [0.1, 0.15) is 19.0 Å². The van der Waals surface area contributed by atoms with Crippen LogP contribution in [0.3, 0.4) is 0 Å². The van der Waals surface area contributed by atoms with Gasteiger partial charge in [0, 0.05) is 34.6 Å². The average molecular weight is 302 g/mol. The summed E-state index contributed by atoms with van der Waals surface area (Å²) in [7, 11) is 2.12. The molecule has 5 nitrogen and oxygen atoms in total. The Kier molecular flexibility index (Phi) is 2.20. The maximum atomic E-state index is 10.4. The number of ether oxygens (including phenoxy) is 1. The lowest BCUT2D eigenvalue weighted by Gasteiger charge is -2.56. The molecule has 2 aliphatic carbocycles. The van der Waals surface area contributed by atoms with Crippen molar-refractivity contribution in [2.75, 3.05) is 13.6 Å². The summed E-state index contributed by atoms with van der Waals surface area (Å²) in [6.07, 6.45) is 4.49. The molecule has 1 aromatic rings. The number of phenolic OH excluding ortho intramolecular Hbond substituents is 2. The topological polar surface area (TPSA) is 73.2 Å². The highest BCUT2D eigenvalue weighted by molar-refractivity contribution is 5.65. The Morgan fingerprint density at radius 1 is 1.32 bits per heavy atom. The standard InChI is InChI=1S/C17H19NO4/c1-18-5-4-17-9-2-3-11(19)16(17)22-15-13(21)7-12(20)8(14(15)17)6-10(9)18/h2-3,7,9-11,16,19-21H,4-6H2,1H3/p+1/t9-,10+,11-,16-,17-/m0/s1. The van der Waals surface area contributed by atoms with E-state index >= 15 is 0 Å². The number of nitrogens with zero attached hydrogens (tertiary/aromatic N) is 1. The lowest BCUT2D eigenvalue weighted by Crippen LogP contribution is -2.64. The number of hydrogen-bond acceptors (Lipinski definition) is 5. The van der Waals surface area contributed by atoms with Gasteiger partial charge >= 0.3 is 1.43 Å². The first-order valence-corrected chi connectivity index (χ1v) is 7.85. The van der Waals surface area contributed by atoms with Gasteiger partial charge in [-0.3, -0.25) is 0 Å². The summed E-state index contributed by atoms with van der Waals surface area (Å²) in [6.45, 7) is 0.927. The van der Waals surface area contributed by atoms with Gasteiger partial charge in [0.25, 0.3) is 0 Å². The van der Waals surface area contributed by atoms with E-state index in [4.69, 9.17) is 4.74 Å². The molecule has 0 radical (unpaired) electrons. The number of aliphatic hydroxyl groups is 1. The number of aliphatic hydroxyl groups excluding tert-OH is 1. The zero-order valence-electron chi connectivity index (χ0n) is 13.4. The molecule has 1 spiro atoms. The Morgan fingerprint density at radius 2 is 2.14 bits per heavy atom. The Labute approximate surface area is 129 Å². The third-order valence-corrected chi connectivity index (χ3v) is 6.25. The number of benzene rings is 1. The van der Waals surface area contributed by atoms with Crippen LogP contribution in [0.15, 0.2) is 18.2 Å². The number of rotatable bonds is 0. The molecule has 0 aromatic heterocycles. The maximum Gasteiger partial charge on any atom is 1.00 e. The molecule has 22 heavy (non-hydrogen) atoms. The highest BCUT2D eigenvalue weighted by Crippen LogP contribution is 2.63. The molecule has 0 unspecified atom stereocenters. The summed E-state index contributed by atoms with van der Waals surface area (Å²) in [6, 6.07) is 1.66. The van der Waals surface area contributed by atoms with Crippen LogP contribution in [0.2, 0.25) is 0 Å². The summed E-state index contributed by atoms with van der Waals surface area (Å²) < 4.78 is 6.03. The molecule has 116 valence electrons. The molecule has 5 atom stereocenters. The van der Waals surface area contributed by atoms with Gasteiger partial charge in [0.15, 0.2) is 11.5 Å². The first kappa shape index (κ1) is 12.8. The molecule has 4 aliphatic rings. The molecule has 1 fully saturated rings. The van der Waals surface area contributed by atoms with Gasteiger partial charge in [-0.1, -0.05) is 12.2 Å². The number of phenols is 2. The normalized spacial score (nSPS) is 41.2. The van der Waals surface area contributed by atoms with Crippen molar-refractivity contribution in [2.24, 2.45) is 5.92 Å². The van der Waals surface area contributed by atoms with Gasteiger partial charge in [0.05, 0.1) is 0 Å². The fraction of sp³-hybridized carbons (Fsp3) is 0.529. The van der Waals surface area contributed by atoms with Crippen LogP contribution in [-0.2, 0) is 11.8 Å². The Hall–Kier alpha value is -1.72. The number of likely N-dealkylation sites (N-methyl/N-ethyl adjacent to an activating group) is 1. The summed E-state index contributed by atoms with van der Waals surface area (Å²) in [5.41, 5.74) is 1.49. The fourth-order valence-electron chi connectivity index (χ4n) is 5.30. The number of likely N-dealkylation sites (tertiary alicyclic amines) is 1. The second kappa shape index (κ2) is 3.78. The Bertz CT molecular complexity index is 721. The van der Waals surface area contributed by atoms with E-state index in [1.54, 1.807) is 0 Å². The van der Waals surface area contributed by atoms with E-state index in [1.807, 2.05) is 6.08 Å². The van der Waals surface area contributed by atoms with Gasteiger partial charge in [0.1, 0.15) is 18.0 Å². The second-order valence-corrected chi connectivity index (χ2v) is 7.08. The minimum Gasteiger partial charge on any atom is -0.508 e. The van der Waals surface area contributed by atoms with E-state index < -0.39 is 6.10 Å². The minimum absolute atomic E-state index is 0. The maximum absolute atomic E-state index is 10.4. The van der Waals surface area contributed by atoms with Crippen molar-refractivity contribution in [1.82, 2.24) is 4.90 Å². The summed E-state index contributed by atoms with van der Waals surface area (Å²) >= 11 is 0. The lowest BCUT2D eigenvalue weighted by molar-refractivity contribution is -0.0455. The van der Waals surface area contributed by atoms with Crippen molar-refractivity contribution in [3.05, 3.63) is 29.3 Å². The Balaban J connectivity index is 0.00000135. The molecule has 0 saturated carbocycles. The first-order valence-electron chi connectivity index (χ1n) is 7.85. The van der Waals surface area contributed by atoms with Crippen molar-refractivity contribution < 1.29 is 21.5 Å². The van der Waals surface area contributed by atoms with Gasteiger partial charge in [-0.25, -0.2) is 0 Å². The third-order valence-electron chi connectivity index (χ3n) is 6.25. The quantitative estimate of drug-likeness (QED) is 0.624. The molecule has 5 rings (SSSR count). The van der Waals surface area contributed by atoms with Crippen molar-refractivity contribution in [3.8, 4) is 17.2 Å². The van der Waals surface area contributed by atoms with Crippen molar-refractivity contribution >= 4 is 0 Å². The highest BCUT2D eigenvalue weighted by atomic mass is 16.5. The molecule has 2 bridgehead atoms. The van der Waals surface area contributed by atoms with Crippen molar-refractivity contribution in [1.29, 1.82) is 0 Å². The number of hydrogen-bond donors (Lipinski definition) is 3. The van der Waals surface area contributed by atoms with Gasteiger partial charge < -0.3 is 25.0 Å². The minimum atomic E-state index is -0.680. The van der Waals surface area contributed by atoms with Crippen molar-refractivity contribution in [2.45, 2.75) is 36.5 Å². The summed E-state index contributed by atoms with van der Waals surface area (Å²) in [4.78, 5) is 2.34. The van der Waals surface area contributed by atoms with E-state index in [0.717, 1.165) is 30.5 Å². The third kappa shape index (κ3) is 1.21. The molecule has 3 N–H and O–H groups in total. The van der Waals surface area contributed by atoms with E-state index in [2.05, 4.69) is 18.0 Å². The van der Waals surface area contributed by atoms with E-state index in [1.165, 1.54) is 6.07 Å². The van der Waals surface area contributed by atoms with Crippen LogP contribution in [0, 0.1) is 5.92 Å². The molecular formula is C17H20NO4+. The van der Waals surface area contributed by atoms with E-state index in [-0.39, 0.29) is 36.4 Å². The van der Waals surface area contributed by atoms with Gasteiger partial charge in [-0.15, -0.1) is 0 Å².